The molecule has 1 atom stereocenters. The number of carbonyl (C=O) groups is 2. The van der Waals surface area contributed by atoms with E-state index in [4.69, 9.17) is 0 Å². The third-order valence-corrected chi connectivity index (χ3v) is 11.3. The second-order valence-corrected chi connectivity index (χ2v) is 12.7. The lowest BCUT2D eigenvalue weighted by molar-refractivity contribution is -0.136. The largest absolute Gasteiger partial charge is 0.481 e. The maximum absolute atomic E-state index is 12.4. The molecule has 0 aliphatic rings. The van der Waals surface area contributed by atoms with E-state index in [0.29, 0.717) is 18.2 Å². The minimum Gasteiger partial charge on any atom is -0.481 e. The Balaban J connectivity index is 1.77. The maximum atomic E-state index is 12.4. The Morgan fingerprint density at radius 1 is 0.812 bits per heavy atom. The van der Waals surface area contributed by atoms with Gasteiger partial charge in [0.05, 0.1) is 0 Å². The highest BCUT2D eigenvalue weighted by molar-refractivity contribution is 7.02. The maximum Gasteiger partial charge on any atom is 0.303 e. The molecular weight excluding hydrogens is 414 g/mol. The van der Waals surface area contributed by atoms with Gasteiger partial charge in [-0.25, -0.2) is 0 Å². The van der Waals surface area contributed by atoms with Gasteiger partial charge in [0.1, 0.15) is 8.07 Å². The third kappa shape index (κ3) is 6.17. The van der Waals surface area contributed by atoms with Crippen molar-refractivity contribution in [1.82, 2.24) is 5.32 Å². The summed E-state index contributed by atoms with van der Waals surface area (Å²) in [4.78, 5) is 23.9. The van der Waals surface area contributed by atoms with E-state index in [1.54, 1.807) is 0 Å². The molecule has 0 saturated carbocycles. The minimum atomic E-state index is -2.29. The van der Waals surface area contributed by atoms with Crippen LogP contribution >= 0.6 is 0 Å². The number of benzene rings is 3. The molecule has 0 fully saturated rings. The molecule has 32 heavy (non-hydrogen) atoms. The lowest BCUT2D eigenvalue weighted by Gasteiger charge is -2.34. The van der Waals surface area contributed by atoms with Crippen LogP contribution in [-0.2, 0) is 4.79 Å². The zero-order valence-electron chi connectivity index (χ0n) is 18.5. The van der Waals surface area contributed by atoms with Gasteiger partial charge in [0, 0.05) is 18.5 Å². The van der Waals surface area contributed by atoms with Gasteiger partial charge in [-0.1, -0.05) is 103 Å². The molecule has 3 aromatic carbocycles. The zero-order chi connectivity index (χ0) is 22.8. The lowest BCUT2D eigenvalue weighted by atomic mass is 10.1. The molecule has 0 radical (unpaired) electrons. The molecule has 0 aliphatic heterocycles. The Labute approximate surface area is 191 Å². The van der Waals surface area contributed by atoms with Crippen LogP contribution in [0.3, 0.4) is 0 Å². The first-order valence-electron chi connectivity index (χ1n) is 11.2. The average Bonchev–Trinajstić information content (AvgIpc) is 2.84. The van der Waals surface area contributed by atoms with Crippen LogP contribution in [0.15, 0.2) is 91.0 Å². The van der Waals surface area contributed by atoms with Gasteiger partial charge in [-0.2, -0.15) is 0 Å². The SMILES string of the molecule is CC(CC[Si](CCC(=O)O)(c1ccccc1)c1ccccc1)CNC(=O)c1ccccc1. The van der Waals surface area contributed by atoms with Gasteiger partial charge in [0.2, 0.25) is 0 Å². The second kappa shape index (κ2) is 11.4. The number of aliphatic carboxylic acids is 1. The second-order valence-electron chi connectivity index (χ2n) is 8.43. The van der Waals surface area contributed by atoms with Crippen molar-refractivity contribution >= 4 is 30.3 Å². The summed E-state index contributed by atoms with van der Waals surface area (Å²) in [6, 6.07) is 31.7. The normalized spacial score (nSPS) is 12.2. The highest BCUT2D eigenvalue weighted by atomic mass is 28.3. The first kappa shape index (κ1) is 23.5. The molecule has 0 saturated heterocycles. The summed E-state index contributed by atoms with van der Waals surface area (Å²) in [5.74, 6) is -0.526. The molecule has 4 nitrogen and oxygen atoms in total. The number of nitrogens with one attached hydrogen (secondary N) is 1. The summed E-state index contributed by atoms with van der Waals surface area (Å²) in [7, 11) is -2.29. The van der Waals surface area contributed by atoms with Crippen LogP contribution in [0.4, 0.5) is 0 Å². The Morgan fingerprint density at radius 3 is 1.81 bits per heavy atom. The van der Waals surface area contributed by atoms with E-state index in [0.717, 1.165) is 12.5 Å². The number of carboxylic acid groups (broad SMARTS) is 1. The Hall–Kier alpha value is -3.18. The van der Waals surface area contributed by atoms with E-state index in [9.17, 15) is 14.7 Å². The van der Waals surface area contributed by atoms with Crippen molar-refractivity contribution in [3.8, 4) is 0 Å². The molecule has 166 valence electrons. The first-order valence-corrected chi connectivity index (χ1v) is 13.6. The molecule has 0 aromatic heterocycles. The first-order chi connectivity index (χ1) is 15.5. The number of carbonyl (C=O) groups excluding carboxylic acids is 1. The van der Waals surface area contributed by atoms with Crippen LogP contribution in [0.2, 0.25) is 12.1 Å². The summed E-state index contributed by atoms with van der Waals surface area (Å²) in [6.07, 6.45) is 1.08. The van der Waals surface area contributed by atoms with E-state index >= 15 is 0 Å². The van der Waals surface area contributed by atoms with Crippen LogP contribution < -0.4 is 15.7 Å². The number of amides is 1. The van der Waals surface area contributed by atoms with Crippen LogP contribution in [-0.4, -0.2) is 31.6 Å². The van der Waals surface area contributed by atoms with Gasteiger partial charge in [-0.15, -0.1) is 0 Å². The quantitative estimate of drug-likeness (QED) is 0.435. The molecule has 3 rings (SSSR count). The summed E-state index contributed by atoms with van der Waals surface area (Å²) >= 11 is 0. The van der Waals surface area contributed by atoms with E-state index in [1.165, 1.54) is 10.4 Å². The predicted octanol–water partition coefficient (Wildman–Crippen LogP) is 4.18. The van der Waals surface area contributed by atoms with Crippen LogP contribution in [0.1, 0.15) is 30.1 Å². The molecule has 0 bridgehead atoms. The fourth-order valence-electron chi connectivity index (χ4n) is 4.26. The molecule has 5 heteroatoms. The molecule has 1 amide bonds. The monoisotopic (exact) mass is 445 g/mol. The summed E-state index contributed by atoms with van der Waals surface area (Å²) in [5, 5.41) is 15.1. The van der Waals surface area contributed by atoms with Gasteiger partial charge in [-0.3, -0.25) is 9.59 Å². The Morgan fingerprint density at radius 2 is 1.31 bits per heavy atom. The molecule has 1 unspecified atom stereocenters. The van der Waals surface area contributed by atoms with Crippen molar-refractivity contribution in [3.05, 3.63) is 96.6 Å². The topological polar surface area (TPSA) is 66.4 Å². The fourth-order valence-corrected chi connectivity index (χ4v) is 9.28. The van der Waals surface area contributed by atoms with Gasteiger partial charge in [-0.05, 0) is 30.1 Å². The third-order valence-electron chi connectivity index (χ3n) is 6.13. The van der Waals surface area contributed by atoms with Gasteiger partial charge in [0.15, 0.2) is 0 Å². The van der Waals surface area contributed by atoms with Crippen molar-refractivity contribution in [2.75, 3.05) is 6.54 Å². The molecule has 0 heterocycles. The van der Waals surface area contributed by atoms with Crippen molar-refractivity contribution in [2.45, 2.75) is 31.9 Å². The number of rotatable bonds is 11. The Kier molecular flexibility index (Phi) is 8.39. The zero-order valence-corrected chi connectivity index (χ0v) is 19.5. The van der Waals surface area contributed by atoms with Crippen molar-refractivity contribution in [1.29, 1.82) is 0 Å². The Bertz CT molecular complexity index is 954. The smallest absolute Gasteiger partial charge is 0.303 e. The van der Waals surface area contributed by atoms with E-state index in [1.807, 2.05) is 66.7 Å². The lowest BCUT2D eigenvalue weighted by Crippen LogP contribution is -2.58. The number of carboxylic acids is 1. The highest BCUT2D eigenvalue weighted by Crippen LogP contribution is 2.23. The molecule has 3 aromatic rings. The van der Waals surface area contributed by atoms with Gasteiger partial charge < -0.3 is 10.4 Å². The predicted molar refractivity (Wildman–Crippen MR) is 132 cm³/mol. The molecule has 0 spiro atoms. The van der Waals surface area contributed by atoms with Crippen molar-refractivity contribution in [2.24, 2.45) is 5.92 Å². The standard InChI is InChI=1S/C27H31NO3Si/c1-22(21-28-27(31)23-11-5-2-6-12-23)17-19-32(20-18-26(29)30,24-13-7-3-8-14-24)25-15-9-4-10-16-25/h2-16,22H,17-21H2,1H3,(H,28,31)(H,29,30). The van der Waals surface area contributed by atoms with E-state index in [2.05, 4.69) is 36.5 Å². The average molecular weight is 446 g/mol. The molecule has 0 aliphatic carbocycles. The number of hydrogen-bond donors (Lipinski definition) is 2. The minimum absolute atomic E-state index is 0.0574. The summed E-state index contributed by atoms with van der Waals surface area (Å²) < 4.78 is 0. The van der Waals surface area contributed by atoms with Gasteiger partial charge in [0.25, 0.3) is 5.91 Å². The van der Waals surface area contributed by atoms with E-state index < -0.39 is 14.0 Å². The van der Waals surface area contributed by atoms with Crippen LogP contribution in [0, 0.1) is 5.92 Å². The van der Waals surface area contributed by atoms with Crippen molar-refractivity contribution in [3.63, 3.8) is 0 Å². The van der Waals surface area contributed by atoms with Crippen LogP contribution in [0.25, 0.3) is 0 Å². The molecular formula is C27H31NO3Si. The number of hydrogen-bond acceptors (Lipinski definition) is 2. The van der Waals surface area contributed by atoms with E-state index in [-0.39, 0.29) is 18.2 Å². The van der Waals surface area contributed by atoms with Gasteiger partial charge >= 0.3 is 5.97 Å². The fraction of sp³-hybridized carbons (Fsp3) is 0.259. The summed E-state index contributed by atoms with van der Waals surface area (Å²) in [6.45, 7) is 2.75. The van der Waals surface area contributed by atoms with Crippen molar-refractivity contribution < 1.29 is 14.7 Å². The molecule has 2 N–H and O–H groups in total. The van der Waals surface area contributed by atoms with Crippen LogP contribution in [0.5, 0.6) is 0 Å². The highest BCUT2D eigenvalue weighted by Gasteiger charge is 2.37. The summed E-state index contributed by atoms with van der Waals surface area (Å²) in [5.41, 5.74) is 0.665.